The quantitative estimate of drug-likeness (QED) is 0.0900. The van der Waals surface area contributed by atoms with Gasteiger partial charge in [0.25, 0.3) is 0 Å². The molecular weight excluding hydrogens is 447 g/mol. The molecule has 0 aromatic carbocycles. The van der Waals surface area contributed by atoms with E-state index in [-0.39, 0.29) is 0 Å². The zero-order chi connectivity index (χ0) is 22.4. The van der Waals surface area contributed by atoms with Gasteiger partial charge in [-0.05, 0) is 0 Å². The van der Waals surface area contributed by atoms with Gasteiger partial charge in [0.1, 0.15) is 0 Å². The second-order valence-electron chi connectivity index (χ2n) is 10.4. The standard InChI is InChI=1S/C28H60BrP/c1-5-9-13-14-15-16-17-18-19-20-21-22-23-24-28-30(29,25-10-6-2,26-11-7-3)27-12-8-4/h5-28H2,1-4H3. The summed E-state index contributed by atoms with van der Waals surface area (Å²) in [6.45, 7) is 9.43. The summed E-state index contributed by atoms with van der Waals surface area (Å²) in [5.74, 6) is 0. The Labute approximate surface area is 201 Å². The van der Waals surface area contributed by atoms with Gasteiger partial charge in [-0.2, -0.15) is 0 Å². The van der Waals surface area contributed by atoms with Crippen LogP contribution in [0.25, 0.3) is 0 Å². The van der Waals surface area contributed by atoms with E-state index in [9.17, 15) is 0 Å². The fourth-order valence-electron chi connectivity index (χ4n) is 5.03. The molecule has 0 bridgehead atoms. The zero-order valence-corrected chi connectivity index (χ0v) is 24.3. The molecule has 0 unspecified atom stereocenters. The molecule has 0 aliphatic rings. The minimum absolute atomic E-state index is 1.36. The summed E-state index contributed by atoms with van der Waals surface area (Å²) in [5.41, 5.74) is 0. The molecule has 0 saturated heterocycles. The van der Waals surface area contributed by atoms with E-state index in [0.29, 0.717) is 0 Å². The molecule has 0 rings (SSSR count). The molecule has 0 aromatic heterocycles. The Morgan fingerprint density at radius 1 is 0.333 bits per heavy atom. The van der Waals surface area contributed by atoms with Crippen LogP contribution in [0.4, 0.5) is 0 Å². The molecule has 184 valence electrons. The second kappa shape index (κ2) is 20.5. The first kappa shape index (κ1) is 30.9. The first-order chi connectivity index (χ1) is 14.5. The van der Waals surface area contributed by atoms with Crippen molar-refractivity contribution in [2.75, 3.05) is 24.6 Å². The van der Waals surface area contributed by atoms with Crippen molar-refractivity contribution in [3.63, 3.8) is 0 Å². The molecule has 0 aliphatic carbocycles. The molecule has 0 heterocycles. The van der Waals surface area contributed by atoms with Gasteiger partial charge >= 0.3 is 175 Å². The maximum absolute atomic E-state index is 4.56. The van der Waals surface area contributed by atoms with Crippen LogP contribution in [-0.2, 0) is 0 Å². The van der Waals surface area contributed by atoms with Gasteiger partial charge in [-0.15, -0.1) is 0 Å². The van der Waals surface area contributed by atoms with Crippen LogP contribution in [0.1, 0.15) is 156 Å². The van der Waals surface area contributed by atoms with Gasteiger partial charge in [0.05, 0.1) is 0 Å². The molecular formula is C28H60BrP. The van der Waals surface area contributed by atoms with E-state index in [4.69, 9.17) is 0 Å². The summed E-state index contributed by atoms with van der Waals surface area (Å²) in [4.78, 5) is 0. The number of hydrogen-bond acceptors (Lipinski definition) is 0. The molecule has 0 aromatic rings. The topological polar surface area (TPSA) is 0 Å². The molecule has 0 aliphatic heterocycles. The number of hydrogen-bond donors (Lipinski definition) is 0. The Morgan fingerprint density at radius 2 is 0.567 bits per heavy atom. The van der Waals surface area contributed by atoms with Crippen LogP contribution in [0.2, 0.25) is 0 Å². The average molecular weight is 508 g/mol. The van der Waals surface area contributed by atoms with E-state index >= 15 is 0 Å². The number of rotatable bonds is 24. The molecule has 0 fully saturated rings. The summed E-state index contributed by atoms with van der Waals surface area (Å²) in [5, 5.41) is -1.64. The van der Waals surface area contributed by atoms with Crippen LogP contribution >= 0.6 is 20.8 Å². The predicted octanol–water partition coefficient (Wildman–Crippen LogP) is 11.7. The third kappa shape index (κ3) is 16.5. The molecule has 2 heteroatoms. The minimum atomic E-state index is -1.64. The molecule has 0 atom stereocenters. The number of unbranched alkanes of at least 4 members (excludes halogenated alkanes) is 16. The zero-order valence-electron chi connectivity index (χ0n) is 21.8. The fourth-order valence-corrected chi connectivity index (χ4v) is 13.7. The summed E-state index contributed by atoms with van der Waals surface area (Å²) in [6.07, 6.45) is 35.0. The van der Waals surface area contributed by atoms with E-state index < -0.39 is 5.31 Å². The van der Waals surface area contributed by atoms with Crippen molar-refractivity contribution in [2.45, 2.75) is 156 Å². The van der Waals surface area contributed by atoms with E-state index in [2.05, 4.69) is 43.2 Å². The third-order valence-electron chi connectivity index (χ3n) is 7.28. The SMILES string of the molecule is CCCCCCCCCCCCCCCCP(Br)(CCCC)(CCCC)CCCC. The summed E-state index contributed by atoms with van der Waals surface area (Å²) >= 11 is 4.56. The summed E-state index contributed by atoms with van der Waals surface area (Å²) in [6, 6.07) is 0. The van der Waals surface area contributed by atoms with Gasteiger partial charge in [0, 0.05) is 0 Å². The van der Waals surface area contributed by atoms with Crippen LogP contribution in [0.3, 0.4) is 0 Å². The average Bonchev–Trinajstić information content (AvgIpc) is 2.76. The normalized spacial score (nSPS) is 13.4. The van der Waals surface area contributed by atoms with Crippen LogP contribution in [0.15, 0.2) is 0 Å². The molecule has 0 amide bonds. The Bertz CT molecular complexity index is 330. The molecule has 0 N–H and O–H groups in total. The molecule has 0 saturated carbocycles. The van der Waals surface area contributed by atoms with E-state index in [1.807, 2.05) is 0 Å². The summed E-state index contributed by atoms with van der Waals surface area (Å²) < 4.78 is 0. The third-order valence-corrected chi connectivity index (χ3v) is 17.3. The van der Waals surface area contributed by atoms with E-state index in [0.717, 1.165) is 0 Å². The molecule has 0 radical (unpaired) electrons. The Kier molecular flexibility index (Phi) is 21.1. The van der Waals surface area contributed by atoms with Crippen molar-refractivity contribution < 1.29 is 0 Å². The van der Waals surface area contributed by atoms with Crippen molar-refractivity contribution in [3.8, 4) is 0 Å². The van der Waals surface area contributed by atoms with Crippen molar-refractivity contribution >= 4 is 20.8 Å². The van der Waals surface area contributed by atoms with Gasteiger partial charge in [0.15, 0.2) is 0 Å². The van der Waals surface area contributed by atoms with Crippen LogP contribution < -0.4 is 0 Å². The monoisotopic (exact) mass is 506 g/mol. The fraction of sp³-hybridized carbons (Fsp3) is 1.00. The second-order valence-corrected chi connectivity index (χ2v) is 21.8. The Morgan fingerprint density at radius 3 is 0.867 bits per heavy atom. The van der Waals surface area contributed by atoms with Gasteiger partial charge in [-0.3, -0.25) is 0 Å². The summed E-state index contributed by atoms with van der Waals surface area (Å²) in [7, 11) is 0. The van der Waals surface area contributed by atoms with Gasteiger partial charge in [-0.25, -0.2) is 0 Å². The van der Waals surface area contributed by atoms with Crippen LogP contribution in [0.5, 0.6) is 0 Å². The van der Waals surface area contributed by atoms with Gasteiger partial charge in [-0.1, -0.05) is 26.2 Å². The van der Waals surface area contributed by atoms with Crippen molar-refractivity contribution in [1.29, 1.82) is 0 Å². The van der Waals surface area contributed by atoms with E-state index in [1.165, 1.54) is 153 Å². The van der Waals surface area contributed by atoms with Crippen LogP contribution in [0, 0.1) is 0 Å². The van der Waals surface area contributed by atoms with Gasteiger partial charge in [0.2, 0.25) is 0 Å². The van der Waals surface area contributed by atoms with Crippen molar-refractivity contribution in [1.82, 2.24) is 0 Å². The molecule has 0 spiro atoms. The first-order valence-electron chi connectivity index (χ1n) is 14.3. The Balaban J connectivity index is 3.99. The first-order valence-corrected chi connectivity index (χ1v) is 19.3. The van der Waals surface area contributed by atoms with Crippen LogP contribution in [-0.4, -0.2) is 24.6 Å². The van der Waals surface area contributed by atoms with Crippen molar-refractivity contribution in [2.24, 2.45) is 0 Å². The Hall–Kier alpha value is 0.910. The van der Waals surface area contributed by atoms with Crippen molar-refractivity contribution in [3.05, 3.63) is 0 Å². The maximum atomic E-state index is 4.56. The molecule has 30 heavy (non-hydrogen) atoms. The molecule has 0 nitrogen and oxygen atoms in total. The van der Waals surface area contributed by atoms with E-state index in [1.54, 1.807) is 0 Å². The predicted molar refractivity (Wildman–Crippen MR) is 150 cm³/mol. The number of halogens is 1. The van der Waals surface area contributed by atoms with Gasteiger partial charge < -0.3 is 0 Å².